The molecule has 0 radical (unpaired) electrons. The molecule has 2 N–H and O–H groups in total. The molecule has 0 unspecified atom stereocenters. The number of hydrogen-bond acceptors (Lipinski definition) is 1. The van der Waals surface area contributed by atoms with Crippen LogP contribution in [0, 0.1) is 11.3 Å². The smallest absolute Gasteiger partial charge is 0.00204 e. The molecule has 1 nitrogen and oxygen atoms in total. The Labute approximate surface area is 75.7 Å². The topological polar surface area (TPSA) is 26.0 Å². The molecule has 2 saturated carbocycles. The molecule has 2 aliphatic rings. The average Bonchev–Trinajstić information content (AvgIpc) is 2.88. The fraction of sp³-hybridized carbons (Fsp3) is 1.00. The molecule has 0 aromatic heterocycles. The molecule has 2 aliphatic carbocycles. The zero-order valence-electron chi connectivity index (χ0n) is 8.02. The lowest BCUT2D eigenvalue weighted by molar-refractivity contribution is 0.278. The lowest BCUT2D eigenvalue weighted by Gasteiger charge is -2.25. The first-order valence-corrected chi connectivity index (χ1v) is 5.55. The van der Waals surface area contributed by atoms with E-state index in [4.69, 9.17) is 5.73 Å². The van der Waals surface area contributed by atoms with Crippen molar-refractivity contribution in [3.05, 3.63) is 0 Å². The van der Waals surface area contributed by atoms with Gasteiger partial charge in [0.25, 0.3) is 0 Å². The van der Waals surface area contributed by atoms with Crippen LogP contribution in [0.1, 0.15) is 51.4 Å². The second-order valence-electron chi connectivity index (χ2n) is 4.91. The van der Waals surface area contributed by atoms with Crippen LogP contribution in [0.3, 0.4) is 0 Å². The van der Waals surface area contributed by atoms with Gasteiger partial charge < -0.3 is 5.73 Å². The molecular weight excluding hydrogens is 146 g/mol. The zero-order valence-corrected chi connectivity index (χ0v) is 8.02. The van der Waals surface area contributed by atoms with Crippen molar-refractivity contribution in [3.8, 4) is 0 Å². The third kappa shape index (κ3) is 1.82. The summed E-state index contributed by atoms with van der Waals surface area (Å²) in [6.45, 7) is 0.948. The van der Waals surface area contributed by atoms with Crippen molar-refractivity contribution < 1.29 is 0 Å². The summed E-state index contributed by atoms with van der Waals surface area (Å²) in [5.74, 6) is 1.03. The van der Waals surface area contributed by atoms with E-state index in [1.807, 2.05) is 0 Å². The largest absolute Gasteiger partial charge is 0.330 e. The summed E-state index contributed by atoms with van der Waals surface area (Å²) in [6.07, 6.45) is 11.7. The highest BCUT2D eigenvalue weighted by molar-refractivity contribution is 4.95. The van der Waals surface area contributed by atoms with Gasteiger partial charge in [0.05, 0.1) is 0 Å². The van der Waals surface area contributed by atoms with Gasteiger partial charge in [-0.3, -0.25) is 0 Å². The summed E-state index contributed by atoms with van der Waals surface area (Å²) in [7, 11) is 0. The molecule has 0 aromatic carbocycles. The minimum atomic E-state index is 0.627. The van der Waals surface area contributed by atoms with E-state index in [-0.39, 0.29) is 0 Å². The van der Waals surface area contributed by atoms with E-state index >= 15 is 0 Å². The predicted octanol–water partition coefficient (Wildman–Crippen LogP) is 2.70. The van der Waals surface area contributed by atoms with Gasteiger partial charge in [-0.25, -0.2) is 0 Å². The molecule has 2 fully saturated rings. The summed E-state index contributed by atoms with van der Waals surface area (Å²) in [6, 6.07) is 0. The maximum Gasteiger partial charge on any atom is -0.00204 e. The van der Waals surface area contributed by atoms with Crippen molar-refractivity contribution in [1.29, 1.82) is 0 Å². The normalized spacial score (nSPS) is 28.8. The summed E-state index contributed by atoms with van der Waals surface area (Å²) in [5, 5.41) is 0. The molecular formula is C11H21N. The molecule has 12 heavy (non-hydrogen) atoms. The molecule has 0 saturated heterocycles. The third-order valence-electron chi connectivity index (χ3n) is 3.84. The Kier molecular flexibility index (Phi) is 2.40. The Morgan fingerprint density at radius 1 is 1.08 bits per heavy atom. The van der Waals surface area contributed by atoms with Crippen molar-refractivity contribution in [2.24, 2.45) is 17.1 Å². The van der Waals surface area contributed by atoms with Gasteiger partial charge in [-0.05, 0) is 37.1 Å². The Bertz CT molecular complexity index is 143. The van der Waals surface area contributed by atoms with E-state index in [2.05, 4.69) is 0 Å². The number of rotatable bonds is 3. The molecule has 0 bridgehead atoms. The van der Waals surface area contributed by atoms with E-state index in [1.165, 1.54) is 51.4 Å². The number of hydrogen-bond donors (Lipinski definition) is 1. The van der Waals surface area contributed by atoms with Crippen LogP contribution in [-0.2, 0) is 0 Å². The number of nitrogens with two attached hydrogens (primary N) is 1. The highest BCUT2D eigenvalue weighted by Crippen LogP contribution is 2.51. The summed E-state index contributed by atoms with van der Waals surface area (Å²) in [4.78, 5) is 0. The Hall–Kier alpha value is -0.0400. The van der Waals surface area contributed by atoms with Crippen molar-refractivity contribution in [3.63, 3.8) is 0 Å². The van der Waals surface area contributed by atoms with E-state index in [9.17, 15) is 0 Å². The highest BCUT2D eigenvalue weighted by atomic mass is 14.7. The first-order chi connectivity index (χ1) is 5.85. The SMILES string of the molecule is NCC1(CC2CCCCC2)CC1. The molecule has 0 amide bonds. The quantitative estimate of drug-likeness (QED) is 0.687. The third-order valence-corrected chi connectivity index (χ3v) is 3.84. The lowest BCUT2D eigenvalue weighted by atomic mass is 9.81. The maximum absolute atomic E-state index is 5.79. The fourth-order valence-corrected chi connectivity index (χ4v) is 2.67. The Balaban J connectivity index is 1.77. The molecule has 0 spiro atoms. The van der Waals surface area contributed by atoms with Gasteiger partial charge in [0.1, 0.15) is 0 Å². The van der Waals surface area contributed by atoms with Gasteiger partial charge >= 0.3 is 0 Å². The van der Waals surface area contributed by atoms with E-state index in [0.717, 1.165) is 12.5 Å². The minimum absolute atomic E-state index is 0.627. The molecule has 1 heteroatoms. The van der Waals surface area contributed by atoms with Crippen LogP contribution < -0.4 is 5.73 Å². The standard InChI is InChI=1S/C11H21N/c12-9-11(6-7-11)8-10-4-2-1-3-5-10/h10H,1-9,12H2. The van der Waals surface area contributed by atoms with Gasteiger partial charge in [0.15, 0.2) is 0 Å². The van der Waals surface area contributed by atoms with Gasteiger partial charge in [-0.2, -0.15) is 0 Å². The summed E-state index contributed by atoms with van der Waals surface area (Å²) >= 11 is 0. The lowest BCUT2D eigenvalue weighted by Crippen LogP contribution is -2.20. The second kappa shape index (κ2) is 3.37. The summed E-state index contributed by atoms with van der Waals surface area (Å²) in [5.41, 5.74) is 6.41. The van der Waals surface area contributed by atoms with Crippen molar-refractivity contribution in [2.45, 2.75) is 51.4 Å². The van der Waals surface area contributed by atoms with Crippen molar-refractivity contribution >= 4 is 0 Å². The monoisotopic (exact) mass is 167 g/mol. The van der Waals surface area contributed by atoms with Crippen LogP contribution in [0.2, 0.25) is 0 Å². The van der Waals surface area contributed by atoms with Gasteiger partial charge in [0, 0.05) is 0 Å². The first kappa shape index (κ1) is 8.55. The van der Waals surface area contributed by atoms with Crippen LogP contribution in [0.25, 0.3) is 0 Å². The molecule has 0 aliphatic heterocycles. The van der Waals surface area contributed by atoms with Crippen LogP contribution in [0.15, 0.2) is 0 Å². The van der Waals surface area contributed by atoms with E-state index in [1.54, 1.807) is 0 Å². The predicted molar refractivity (Wildman–Crippen MR) is 51.9 cm³/mol. The molecule has 0 atom stereocenters. The minimum Gasteiger partial charge on any atom is -0.330 e. The average molecular weight is 167 g/mol. The Morgan fingerprint density at radius 3 is 2.25 bits per heavy atom. The molecule has 0 aromatic rings. The van der Waals surface area contributed by atoms with Crippen LogP contribution in [0.5, 0.6) is 0 Å². The first-order valence-electron chi connectivity index (χ1n) is 5.55. The summed E-state index contributed by atoms with van der Waals surface area (Å²) < 4.78 is 0. The second-order valence-corrected chi connectivity index (χ2v) is 4.91. The van der Waals surface area contributed by atoms with Crippen LogP contribution in [0.4, 0.5) is 0 Å². The molecule has 2 rings (SSSR count). The molecule has 0 heterocycles. The van der Waals surface area contributed by atoms with Gasteiger partial charge in [-0.15, -0.1) is 0 Å². The van der Waals surface area contributed by atoms with Crippen LogP contribution >= 0.6 is 0 Å². The maximum atomic E-state index is 5.79. The van der Waals surface area contributed by atoms with Gasteiger partial charge in [-0.1, -0.05) is 32.1 Å². The molecule has 70 valence electrons. The van der Waals surface area contributed by atoms with E-state index < -0.39 is 0 Å². The van der Waals surface area contributed by atoms with Crippen molar-refractivity contribution in [2.75, 3.05) is 6.54 Å². The fourth-order valence-electron chi connectivity index (χ4n) is 2.67. The Morgan fingerprint density at radius 2 is 1.75 bits per heavy atom. The van der Waals surface area contributed by atoms with Crippen LogP contribution in [-0.4, -0.2) is 6.54 Å². The zero-order chi connectivity index (χ0) is 8.44. The van der Waals surface area contributed by atoms with Gasteiger partial charge in [0.2, 0.25) is 0 Å². The van der Waals surface area contributed by atoms with Crippen molar-refractivity contribution in [1.82, 2.24) is 0 Å². The van der Waals surface area contributed by atoms with E-state index in [0.29, 0.717) is 5.41 Å². The highest BCUT2D eigenvalue weighted by Gasteiger charge is 2.42.